The number of carbonyl (C=O) groups excluding carboxylic acids is 1. The van der Waals surface area contributed by atoms with Gasteiger partial charge < -0.3 is 19.5 Å². The number of amides is 2. The van der Waals surface area contributed by atoms with Gasteiger partial charge in [-0.2, -0.15) is 13.2 Å². The first-order valence-corrected chi connectivity index (χ1v) is 12.1. The van der Waals surface area contributed by atoms with E-state index in [2.05, 4.69) is 15.5 Å². The smallest absolute Gasteiger partial charge is 0.419 e. The molecule has 36 heavy (non-hydrogen) atoms. The van der Waals surface area contributed by atoms with Crippen molar-refractivity contribution in [3.8, 4) is 5.75 Å². The number of rotatable bonds is 4. The first kappa shape index (κ1) is 24.4. The molecule has 1 fully saturated rings. The van der Waals surface area contributed by atoms with Crippen LogP contribution in [0.3, 0.4) is 0 Å². The molecule has 0 spiro atoms. The van der Waals surface area contributed by atoms with E-state index in [1.165, 1.54) is 6.07 Å². The van der Waals surface area contributed by atoms with E-state index in [-0.39, 0.29) is 24.4 Å². The Morgan fingerprint density at radius 3 is 2.69 bits per heavy atom. The standard InChI is InChI=1S/C25H25ClF3N5O2/c1-15-31-32-23(34(15)14-16-7-9-17(26)10-8-16)21-6-3-12-33(21)24(35)30-20-11-13-36-22-18(20)4-2-5-19(22)25(27,28)29/h2,4-5,7-10,20-21H,3,6,11-14H2,1H3,(H,30,35). The Morgan fingerprint density at radius 1 is 1.17 bits per heavy atom. The van der Waals surface area contributed by atoms with Crippen LogP contribution >= 0.6 is 11.6 Å². The molecule has 2 aliphatic heterocycles. The molecule has 2 unspecified atom stereocenters. The number of urea groups is 1. The van der Waals surface area contributed by atoms with Gasteiger partial charge in [0.2, 0.25) is 0 Å². The zero-order chi connectivity index (χ0) is 25.4. The molecule has 7 nitrogen and oxygen atoms in total. The lowest BCUT2D eigenvalue weighted by Crippen LogP contribution is -2.43. The highest BCUT2D eigenvalue weighted by Gasteiger charge is 2.39. The minimum absolute atomic E-state index is 0.0864. The van der Waals surface area contributed by atoms with Crippen molar-refractivity contribution in [2.45, 2.75) is 51.0 Å². The molecule has 2 amide bonds. The molecule has 3 aromatic rings. The Bertz CT molecular complexity index is 1260. The zero-order valence-electron chi connectivity index (χ0n) is 19.6. The second-order valence-electron chi connectivity index (χ2n) is 9.03. The summed E-state index contributed by atoms with van der Waals surface area (Å²) in [7, 11) is 0. The Morgan fingerprint density at radius 2 is 1.94 bits per heavy atom. The molecular formula is C25H25ClF3N5O2. The molecule has 0 radical (unpaired) electrons. The summed E-state index contributed by atoms with van der Waals surface area (Å²) in [5.74, 6) is 1.20. The third-order valence-corrected chi connectivity index (χ3v) is 6.96. The van der Waals surface area contributed by atoms with Gasteiger partial charge in [0, 0.05) is 23.6 Å². The fourth-order valence-electron chi connectivity index (χ4n) is 4.92. The number of fused-ring (bicyclic) bond motifs is 1. The van der Waals surface area contributed by atoms with Gasteiger partial charge >= 0.3 is 12.2 Å². The fraction of sp³-hybridized carbons (Fsp3) is 0.400. The molecule has 11 heteroatoms. The summed E-state index contributed by atoms with van der Waals surface area (Å²) in [5.41, 5.74) is 0.530. The largest absolute Gasteiger partial charge is 0.492 e. The predicted octanol–water partition coefficient (Wildman–Crippen LogP) is 5.68. The van der Waals surface area contributed by atoms with Crippen LogP contribution in [-0.2, 0) is 12.7 Å². The maximum Gasteiger partial charge on any atom is 0.419 e. The summed E-state index contributed by atoms with van der Waals surface area (Å²) < 4.78 is 47.8. The van der Waals surface area contributed by atoms with Crippen LogP contribution in [0.15, 0.2) is 42.5 Å². The van der Waals surface area contributed by atoms with E-state index in [4.69, 9.17) is 16.3 Å². The monoisotopic (exact) mass is 519 g/mol. The maximum absolute atomic E-state index is 13.5. The van der Waals surface area contributed by atoms with Crippen LogP contribution in [0.4, 0.5) is 18.0 Å². The summed E-state index contributed by atoms with van der Waals surface area (Å²) in [6.45, 7) is 3.00. The molecule has 190 valence electrons. The van der Waals surface area contributed by atoms with Gasteiger partial charge in [-0.05, 0) is 43.5 Å². The van der Waals surface area contributed by atoms with Crippen LogP contribution in [0.2, 0.25) is 5.02 Å². The number of nitrogens with zero attached hydrogens (tertiary/aromatic N) is 4. The molecule has 1 N–H and O–H groups in total. The van der Waals surface area contributed by atoms with Crippen molar-refractivity contribution < 1.29 is 22.7 Å². The van der Waals surface area contributed by atoms with E-state index in [0.717, 1.165) is 30.3 Å². The number of para-hydroxylation sites is 1. The number of ether oxygens (including phenoxy) is 1. The summed E-state index contributed by atoms with van der Waals surface area (Å²) >= 11 is 6.01. The average Bonchev–Trinajstić information content (AvgIpc) is 3.47. The molecule has 1 saturated heterocycles. The number of aromatic nitrogens is 3. The van der Waals surface area contributed by atoms with E-state index in [1.807, 2.05) is 35.8 Å². The molecule has 0 bridgehead atoms. The van der Waals surface area contributed by atoms with Crippen LogP contribution in [-0.4, -0.2) is 38.8 Å². The number of aryl methyl sites for hydroxylation is 1. The van der Waals surface area contributed by atoms with Gasteiger partial charge in [0.15, 0.2) is 5.82 Å². The Balaban J connectivity index is 1.37. The Kier molecular flexibility index (Phi) is 6.55. The van der Waals surface area contributed by atoms with Crippen molar-refractivity contribution in [3.05, 3.63) is 75.8 Å². The van der Waals surface area contributed by atoms with Crippen LogP contribution in [0.5, 0.6) is 5.75 Å². The first-order valence-electron chi connectivity index (χ1n) is 11.8. The fourth-order valence-corrected chi connectivity index (χ4v) is 5.05. The van der Waals surface area contributed by atoms with Gasteiger partial charge in [-0.25, -0.2) is 4.79 Å². The first-order chi connectivity index (χ1) is 17.2. The van der Waals surface area contributed by atoms with Gasteiger partial charge in [0.05, 0.1) is 30.8 Å². The number of hydrogen-bond acceptors (Lipinski definition) is 4. The minimum atomic E-state index is -4.54. The highest BCUT2D eigenvalue weighted by atomic mass is 35.5. The number of halogens is 4. The minimum Gasteiger partial charge on any atom is -0.492 e. The normalized spacial score (nSPS) is 19.6. The number of benzene rings is 2. The van der Waals surface area contributed by atoms with Crippen molar-refractivity contribution >= 4 is 17.6 Å². The van der Waals surface area contributed by atoms with Gasteiger partial charge in [-0.1, -0.05) is 35.9 Å². The van der Waals surface area contributed by atoms with Crippen LogP contribution in [0.1, 0.15) is 59.7 Å². The number of hydrogen-bond donors (Lipinski definition) is 1. The second kappa shape index (κ2) is 9.65. The van der Waals surface area contributed by atoms with Gasteiger partial charge in [-0.15, -0.1) is 10.2 Å². The van der Waals surface area contributed by atoms with Crippen molar-refractivity contribution in [2.24, 2.45) is 0 Å². The van der Waals surface area contributed by atoms with Crippen molar-refractivity contribution in [3.63, 3.8) is 0 Å². The van der Waals surface area contributed by atoms with E-state index < -0.39 is 17.8 Å². The lowest BCUT2D eigenvalue weighted by Gasteiger charge is -2.31. The van der Waals surface area contributed by atoms with Gasteiger partial charge in [0.25, 0.3) is 0 Å². The van der Waals surface area contributed by atoms with Gasteiger partial charge in [-0.3, -0.25) is 0 Å². The number of alkyl halides is 3. The summed E-state index contributed by atoms with van der Waals surface area (Å²) in [6, 6.07) is 10.2. The molecule has 5 rings (SSSR count). The third kappa shape index (κ3) is 4.74. The third-order valence-electron chi connectivity index (χ3n) is 6.71. The lowest BCUT2D eigenvalue weighted by atomic mass is 9.97. The highest BCUT2D eigenvalue weighted by molar-refractivity contribution is 6.30. The molecule has 0 aliphatic carbocycles. The molecule has 2 aromatic carbocycles. The predicted molar refractivity (Wildman–Crippen MR) is 127 cm³/mol. The Hall–Kier alpha value is -3.27. The molecular weight excluding hydrogens is 495 g/mol. The zero-order valence-corrected chi connectivity index (χ0v) is 20.3. The lowest BCUT2D eigenvalue weighted by molar-refractivity contribution is -0.139. The molecule has 1 aromatic heterocycles. The van der Waals surface area contributed by atoms with Crippen LogP contribution in [0.25, 0.3) is 0 Å². The maximum atomic E-state index is 13.5. The topological polar surface area (TPSA) is 72.3 Å². The number of carbonyl (C=O) groups is 1. The van der Waals surface area contributed by atoms with Crippen molar-refractivity contribution in [1.82, 2.24) is 25.0 Å². The quantitative estimate of drug-likeness (QED) is 0.481. The van der Waals surface area contributed by atoms with Crippen LogP contribution in [0, 0.1) is 6.92 Å². The summed E-state index contributed by atoms with van der Waals surface area (Å²) in [4.78, 5) is 15.1. The highest BCUT2D eigenvalue weighted by Crippen LogP contribution is 2.43. The Labute approximate surface area is 211 Å². The van der Waals surface area contributed by atoms with Crippen molar-refractivity contribution in [2.75, 3.05) is 13.2 Å². The average molecular weight is 520 g/mol. The molecule has 2 atom stereocenters. The molecule has 0 saturated carbocycles. The number of likely N-dealkylation sites (tertiary alicyclic amines) is 1. The molecule has 3 heterocycles. The SMILES string of the molecule is Cc1nnc(C2CCCN2C(=O)NC2CCOc3c2cccc3C(F)(F)F)n1Cc1ccc(Cl)cc1. The second-order valence-corrected chi connectivity index (χ2v) is 9.47. The van der Waals surface area contributed by atoms with Crippen LogP contribution < -0.4 is 10.1 Å². The summed E-state index contributed by atoms with van der Waals surface area (Å²) in [6.07, 6.45) is -2.66. The molecule has 2 aliphatic rings. The summed E-state index contributed by atoms with van der Waals surface area (Å²) in [5, 5.41) is 12.2. The van der Waals surface area contributed by atoms with Crippen molar-refractivity contribution in [1.29, 1.82) is 0 Å². The van der Waals surface area contributed by atoms with Gasteiger partial charge in [0.1, 0.15) is 11.6 Å². The number of nitrogens with one attached hydrogen (secondary N) is 1. The van der Waals surface area contributed by atoms with E-state index >= 15 is 0 Å². The van der Waals surface area contributed by atoms with E-state index in [0.29, 0.717) is 35.9 Å². The van der Waals surface area contributed by atoms with E-state index in [1.54, 1.807) is 11.0 Å². The van der Waals surface area contributed by atoms with E-state index in [9.17, 15) is 18.0 Å².